The van der Waals surface area contributed by atoms with Crippen LogP contribution in [0.3, 0.4) is 0 Å². The van der Waals surface area contributed by atoms with Crippen molar-refractivity contribution in [1.29, 1.82) is 0 Å². The van der Waals surface area contributed by atoms with Crippen molar-refractivity contribution in [3.05, 3.63) is 11.3 Å². The molecule has 0 aromatic carbocycles. The molecule has 0 spiro atoms. The summed E-state index contributed by atoms with van der Waals surface area (Å²) in [5.41, 5.74) is 0.673. The Labute approximate surface area is 109 Å². The van der Waals surface area contributed by atoms with Gasteiger partial charge in [-0.25, -0.2) is 13.2 Å². The van der Waals surface area contributed by atoms with Gasteiger partial charge in [0, 0.05) is 6.04 Å². The van der Waals surface area contributed by atoms with Crippen LogP contribution >= 0.6 is 11.5 Å². The number of aromatic carboxylic acids is 1. The van der Waals surface area contributed by atoms with Crippen LogP contribution in [0.25, 0.3) is 0 Å². The van der Waals surface area contributed by atoms with E-state index in [1.807, 2.05) is 0 Å². The summed E-state index contributed by atoms with van der Waals surface area (Å²) in [5.74, 6) is -0.692. The van der Waals surface area contributed by atoms with Gasteiger partial charge in [0.2, 0.25) is 0 Å². The lowest BCUT2D eigenvalue weighted by Gasteiger charge is -2.23. The average Bonchev–Trinajstić information content (AvgIpc) is 2.63. The van der Waals surface area contributed by atoms with Crippen LogP contribution in [0.4, 0.5) is 5.00 Å². The third kappa shape index (κ3) is 2.81. The second kappa shape index (κ2) is 4.85. The highest BCUT2D eigenvalue weighted by molar-refractivity contribution is 7.91. The molecule has 0 unspecified atom stereocenters. The van der Waals surface area contributed by atoms with E-state index in [1.54, 1.807) is 6.92 Å². The van der Waals surface area contributed by atoms with Crippen molar-refractivity contribution in [2.24, 2.45) is 0 Å². The van der Waals surface area contributed by atoms with Gasteiger partial charge in [-0.3, -0.25) is 0 Å². The Hall–Kier alpha value is -1.15. The van der Waals surface area contributed by atoms with Gasteiger partial charge < -0.3 is 10.4 Å². The number of carboxylic acid groups (broad SMARTS) is 1. The summed E-state index contributed by atoms with van der Waals surface area (Å²) in [6.45, 7) is 1.65. The molecule has 1 aliphatic rings. The Morgan fingerprint density at radius 2 is 2.06 bits per heavy atom. The molecule has 1 aromatic rings. The number of rotatable bonds is 3. The topological polar surface area (TPSA) is 96.4 Å². The molecule has 100 valence electrons. The standard InChI is InChI=1S/C10H14N2O4S2/c1-6-8(10(13)14)9(17-12-6)11-7-2-4-18(15,16)5-3-7/h7,11H,2-5H2,1H3,(H,13,14). The predicted molar refractivity (Wildman–Crippen MR) is 69.1 cm³/mol. The van der Waals surface area contributed by atoms with E-state index >= 15 is 0 Å². The molecule has 2 rings (SSSR count). The van der Waals surface area contributed by atoms with Gasteiger partial charge in [-0.1, -0.05) is 0 Å². The number of aryl methyl sites for hydroxylation is 1. The van der Waals surface area contributed by atoms with E-state index in [-0.39, 0.29) is 23.1 Å². The van der Waals surface area contributed by atoms with Crippen LogP contribution in [0, 0.1) is 6.92 Å². The number of nitrogens with zero attached hydrogens (tertiary/aromatic N) is 1. The first kappa shape index (κ1) is 13.3. The molecule has 1 aliphatic heterocycles. The Morgan fingerprint density at radius 3 is 2.61 bits per heavy atom. The molecule has 1 fully saturated rings. The molecular weight excluding hydrogens is 276 g/mol. The monoisotopic (exact) mass is 290 g/mol. The number of anilines is 1. The Balaban J connectivity index is 2.09. The number of carboxylic acids is 1. The number of hydrogen-bond donors (Lipinski definition) is 2. The van der Waals surface area contributed by atoms with E-state index in [0.29, 0.717) is 23.5 Å². The summed E-state index contributed by atoms with van der Waals surface area (Å²) in [7, 11) is -2.90. The van der Waals surface area contributed by atoms with Crippen LogP contribution < -0.4 is 5.32 Å². The van der Waals surface area contributed by atoms with Crippen molar-refractivity contribution in [2.75, 3.05) is 16.8 Å². The minimum Gasteiger partial charge on any atom is -0.478 e. The van der Waals surface area contributed by atoms with Gasteiger partial charge in [0.15, 0.2) is 0 Å². The molecule has 6 nitrogen and oxygen atoms in total. The van der Waals surface area contributed by atoms with Crippen LogP contribution in [-0.2, 0) is 9.84 Å². The third-order valence-corrected chi connectivity index (χ3v) is 5.55. The first-order chi connectivity index (χ1) is 8.39. The lowest BCUT2D eigenvalue weighted by molar-refractivity contribution is 0.0697. The maximum absolute atomic E-state index is 11.3. The summed E-state index contributed by atoms with van der Waals surface area (Å²) in [6, 6.07) is 0.00600. The predicted octanol–water partition coefficient (Wildman–Crippen LogP) is 1.14. The van der Waals surface area contributed by atoms with Gasteiger partial charge in [-0.05, 0) is 31.3 Å². The largest absolute Gasteiger partial charge is 0.478 e. The van der Waals surface area contributed by atoms with Gasteiger partial charge in [-0.2, -0.15) is 4.37 Å². The zero-order chi connectivity index (χ0) is 13.3. The molecule has 0 bridgehead atoms. The van der Waals surface area contributed by atoms with Crippen LogP contribution in [0.2, 0.25) is 0 Å². The molecule has 0 saturated carbocycles. The molecule has 2 heterocycles. The smallest absolute Gasteiger partial charge is 0.340 e. The molecule has 0 aliphatic carbocycles. The maximum Gasteiger partial charge on any atom is 0.340 e. The normalized spacial score (nSPS) is 19.6. The quantitative estimate of drug-likeness (QED) is 0.866. The van der Waals surface area contributed by atoms with Crippen molar-refractivity contribution < 1.29 is 18.3 Å². The number of aromatic nitrogens is 1. The average molecular weight is 290 g/mol. The Morgan fingerprint density at radius 1 is 1.44 bits per heavy atom. The summed E-state index contributed by atoms with van der Waals surface area (Å²) in [6.07, 6.45) is 1.02. The highest BCUT2D eigenvalue weighted by Crippen LogP contribution is 2.27. The van der Waals surface area contributed by atoms with E-state index in [4.69, 9.17) is 5.11 Å². The van der Waals surface area contributed by atoms with E-state index in [0.717, 1.165) is 11.5 Å². The zero-order valence-corrected chi connectivity index (χ0v) is 11.5. The second-order valence-electron chi connectivity index (χ2n) is 4.35. The van der Waals surface area contributed by atoms with Crippen molar-refractivity contribution >= 4 is 32.3 Å². The Kier molecular flexibility index (Phi) is 3.58. The minimum atomic E-state index is -2.90. The fraction of sp³-hybridized carbons (Fsp3) is 0.600. The van der Waals surface area contributed by atoms with Crippen molar-refractivity contribution in [3.8, 4) is 0 Å². The lowest BCUT2D eigenvalue weighted by atomic mass is 10.1. The van der Waals surface area contributed by atoms with Crippen molar-refractivity contribution in [3.63, 3.8) is 0 Å². The van der Waals surface area contributed by atoms with Gasteiger partial charge in [0.05, 0.1) is 17.2 Å². The number of sulfone groups is 1. The third-order valence-electron chi connectivity index (χ3n) is 2.97. The summed E-state index contributed by atoms with van der Waals surface area (Å²) in [5, 5.41) is 12.7. The number of hydrogen-bond acceptors (Lipinski definition) is 6. The van der Waals surface area contributed by atoms with Gasteiger partial charge in [0.1, 0.15) is 20.4 Å². The summed E-state index contributed by atoms with van der Waals surface area (Å²) >= 11 is 1.11. The second-order valence-corrected chi connectivity index (χ2v) is 7.42. The van der Waals surface area contributed by atoms with Crippen molar-refractivity contribution in [2.45, 2.75) is 25.8 Å². The molecule has 0 radical (unpaired) electrons. The van der Waals surface area contributed by atoms with Crippen LogP contribution in [0.5, 0.6) is 0 Å². The molecule has 0 amide bonds. The minimum absolute atomic E-state index is 0.00600. The highest BCUT2D eigenvalue weighted by atomic mass is 32.2. The van der Waals surface area contributed by atoms with E-state index in [1.165, 1.54) is 0 Å². The molecule has 18 heavy (non-hydrogen) atoms. The van der Waals surface area contributed by atoms with Gasteiger partial charge >= 0.3 is 5.97 Å². The van der Waals surface area contributed by atoms with Crippen LogP contribution in [-0.4, -0.2) is 41.4 Å². The maximum atomic E-state index is 11.3. The molecular formula is C10H14N2O4S2. The fourth-order valence-corrected chi connectivity index (χ4v) is 4.30. The molecule has 1 aromatic heterocycles. The highest BCUT2D eigenvalue weighted by Gasteiger charge is 2.26. The number of nitrogens with one attached hydrogen (secondary N) is 1. The molecule has 1 saturated heterocycles. The van der Waals surface area contributed by atoms with E-state index in [2.05, 4.69) is 9.69 Å². The molecule has 2 N–H and O–H groups in total. The SMILES string of the molecule is Cc1nsc(NC2CCS(=O)(=O)CC2)c1C(=O)O. The first-order valence-corrected chi connectivity index (χ1v) is 8.15. The molecule has 8 heteroatoms. The van der Waals surface area contributed by atoms with Gasteiger partial charge in [0.25, 0.3) is 0 Å². The summed E-state index contributed by atoms with van der Waals surface area (Å²) < 4.78 is 26.6. The van der Waals surface area contributed by atoms with Crippen LogP contribution in [0.1, 0.15) is 28.9 Å². The lowest BCUT2D eigenvalue weighted by Crippen LogP contribution is -2.32. The zero-order valence-electron chi connectivity index (χ0n) is 9.84. The first-order valence-electron chi connectivity index (χ1n) is 5.55. The van der Waals surface area contributed by atoms with E-state index < -0.39 is 15.8 Å². The number of carbonyl (C=O) groups is 1. The summed E-state index contributed by atoms with van der Waals surface area (Å²) in [4.78, 5) is 11.1. The van der Waals surface area contributed by atoms with Gasteiger partial charge in [-0.15, -0.1) is 0 Å². The van der Waals surface area contributed by atoms with Crippen molar-refractivity contribution in [1.82, 2.24) is 4.37 Å². The Bertz CT molecular complexity index is 550. The van der Waals surface area contributed by atoms with Crippen LogP contribution in [0.15, 0.2) is 0 Å². The molecule has 0 atom stereocenters. The van der Waals surface area contributed by atoms with E-state index in [9.17, 15) is 13.2 Å². The fourth-order valence-electron chi connectivity index (χ4n) is 1.94.